The van der Waals surface area contributed by atoms with Gasteiger partial charge in [-0.3, -0.25) is 10.1 Å². The van der Waals surface area contributed by atoms with Crippen molar-refractivity contribution < 1.29 is 15.1 Å². The Morgan fingerprint density at radius 1 is 1.44 bits per heavy atom. The van der Waals surface area contributed by atoms with Crippen molar-refractivity contribution in [2.75, 3.05) is 0 Å². The molecule has 0 aromatic heterocycles. The first-order valence-electron chi connectivity index (χ1n) is 4.56. The second kappa shape index (κ2) is 5.89. The maximum absolute atomic E-state index is 10.5. The van der Waals surface area contributed by atoms with Gasteiger partial charge in [0.25, 0.3) is 5.69 Å². The van der Waals surface area contributed by atoms with Gasteiger partial charge in [0, 0.05) is 22.8 Å². The summed E-state index contributed by atoms with van der Waals surface area (Å²) in [6.07, 6.45) is 1.31. The van der Waals surface area contributed by atoms with Crippen LogP contribution < -0.4 is 16.3 Å². The van der Waals surface area contributed by atoms with Crippen LogP contribution >= 0.6 is 0 Å². The molecule has 0 heterocycles. The van der Waals surface area contributed by atoms with Crippen molar-refractivity contribution in [1.29, 1.82) is 0 Å². The lowest BCUT2D eigenvalue weighted by atomic mass is 10.2. The largest absolute Gasteiger partial charge is 0.360 e. The summed E-state index contributed by atoms with van der Waals surface area (Å²) in [7, 11) is 0. The highest BCUT2D eigenvalue weighted by Gasteiger charge is 2.05. The van der Waals surface area contributed by atoms with Gasteiger partial charge < -0.3 is 5.73 Å². The summed E-state index contributed by atoms with van der Waals surface area (Å²) in [5, 5.41) is 25.3. The zero-order valence-corrected chi connectivity index (χ0v) is 8.94. The van der Waals surface area contributed by atoms with Gasteiger partial charge in [-0.1, -0.05) is 11.5 Å². The van der Waals surface area contributed by atoms with E-state index < -0.39 is 15.9 Å². The van der Waals surface area contributed by atoms with Crippen LogP contribution in [0.3, 0.4) is 0 Å². The Kier molecular flexibility index (Phi) is 4.26. The molecule has 0 saturated heterocycles. The number of nitrogens with one attached hydrogen (secondary N) is 2. The molecule has 0 saturated carbocycles. The average molecular weight is 253 g/mol. The zero-order chi connectivity index (χ0) is 13.5. The molecular weight excluding hydrogens is 244 g/mol. The van der Waals surface area contributed by atoms with Gasteiger partial charge in [-0.15, -0.1) is 5.10 Å². The Morgan fingerprint density at radius 3 is 2.78 bits per heavy atom. The van der Waals surface area contributed by atoms with Gasteiger partial charge in [0.2, 0.25) is 6.21 Å². The van der Waals surface area contributed by atoms with Gasteiger partial charge in [-0.05, 0) is 6.07 Å². The van der Waals surface area contributed by atoms with E-state index in [0.717, 1.165) is 0 Å². The van der Waals surface area contributed by atoms with Crippen LogP contribution in [0.5, 0.6) is 0 Å². The molecule has 0 spiro atoms. The van der Waals surface area contributed by atoms with Crippen LogP contribution in [-0.2, 0) is 0 Å². The molecule has 1 rings (SSSR count). The normalized spacial score (nSPS) is 11.4. The van der Waals surface area contributed by atoms with Crippen LogP contribution in [0.25, 0.3) is 0 Å². The summed E-state index contributed by atoms with van der Waals surface area (Å²) in [6, 6.07) is 5.73. The van der Waals surface area contributed by atoms with Gasteiger partial charge in [-0.25, -0.2) is 10.1 Å². The minimum absolute atomic E-state index is 0.0779. The summed E-state index contributed by atoms with van der Waals surface area (Å²) >= 11 is 0. The molecule has 10 nitrogen and oxygen atoms in total. The van der Waals surface area contributed by atoms with E-state index in [9.17, 15) is 20.2 Å². The summed E-state index contributed by atoms with van der Waals surface area (Å²) in [5.74, 6) is -0.443. The molecule has 0 aliphatic heterocycles. The maximum Gasteiger partial charge on any atom is 0.319 e. The molecular formula is C8H9N6O4+. The first kappa shape index (κ1) is 13.0. The number of nitrogens with zero attached hydrogens (tertiary/aromatic N) is 3. The van der Waals surface area contributed by atoms with E-state index in [0.29, 0.717) is 5.56 Å². The third kappa shape index (κ3) is 4.22. The fraction of sp³-hybridized carbons (Fsp3) is 0. The van der Waals surface area contributed by atoms with E-state index in [4.69, 9.17) is 5.73 Å². The quantitative estimate of drug-likeness (QED) is 0.247. The molecule has 0 atom stereocenters. The average Bonchev–Trinajstić information content (AvgIpc) is 2.28. The fourth-order valence-electron chi connectivity index (χ4n) is 1.02. The standard InChI is InChI=1S/C8H8N6O4/c9-8(12-14(17)18)11-10-5-6-2-1-3-7(4-6)13(15)16/h1-5H,(H3,9,11,12)/p+1/b10-5-. The second-order valence-corrected chi connectivity index (χ2v) is 2.99. The van der Waals surface area contributed by atoms with Crippen molar-refractivity contribution in [3.8, 4) is 0 Å². The molecule has 4 N–H and O–H groups in total. The second-order valence-electron chi connectivity index (χ2n) is 2.99. The highest BCUT2D eigenvalue weighted by molar-refractivity contribution is 5.78. The predicted molar refractivity (Wildman–Crippen MR) is 61.0 cm³/mol. The summed E-state index contributed by atoms with van der Waals surface area (Å²) < 4.78 is 0. The Balaban J connectivity index is 2.75. The predicted octanol–water partition coefficient (Wildman–Crippen LogP) is -1.89. The lowest BCUT2D eigenvalue weighted by Gasteiger charge is -1.90. The number of nitrogens with two attached hydrogens (primary N) is 1. The van der Waals surface area contributed by atoms with Crippen molar-refractivity contribution in [3.63, 3.8) is 0 Å². The molecule has 94 valence electrons. The first-order chi connectivity index (χ1) is 8.49. The number of rotatable bonds is 4. The van der Waals surface area contributed by atoms with Crippen molar-refractivity contribution in [2.24, 2.45) is 10.8 Å². The van der Waals surface area contributed by atoms with Gasteiger partial charge >= 0.3 is 5.96 Å². The molecule has 0 fully saturated rings. The Morgan fingerprint density at radius 2 is 2.17 bits per heavy atom. The Bertz CT molecular complexity index is 526. The highest BCUT2D eigenvalue weighted by atomic mass is 16.7. The van der Waals surface area contributed by atoms with E-state index >= 15 is 0 Å². The molecule has 0 amide bonds. The minimum Gasteiger partial charge on any atom is -0.360 e. The van der Waals surface area contributed by atoms with Gasteiger partial charge in [0.1, 0.15) is 0 Å². The summed E-state index contributed by atoms with van der Waals surface area (Å²) in [6.45, 7) is 0. The number of non-ortho nitro benzene ring substituents is 1. The molecule has 1 aromatic carbocycles. The van der Waals surface area contributed by atoms with E-state index in [-0.39, 0.29) is 5.69 Å². The van der Waals surface area contributed by atoms with Gasteiger partial charge in [0.15, 0.2) is 5.03 Å². The maximum atomic E-state index is 10.5. The van der Waals surface area contributed by atoms with Crippen LogP contribution in [0.15, 0.2) is 29.4 Å². The van der Waals surface area contributed by atoms with Crippen molar-refractivity contribution in [3.05, 3.63) is 50.1 Å². The Hall–Kier alpha value is -3.04. The topological polar surface area (TPSA) is 151 Å². The number of hydrazine groups is 1. The molecule has 0 aliphatic rings. The van der Waals surface area contributed by atoms with E-state index in [1.807, 2.05) is 0 Å². The zero-order valence-electron chi connectivity index (χ0n) is 8.94. The highest BCUT2D eigenvalue weighted by Crippen LogP contribution is 2.10. The first-order valence-corrected chi connectivity index (χ1v) is 4.56. The molecule has 0 unspecified atom stereocenters. The van der Waals surface area contributed by atoms with Crippen LogP contribution in [0, 0.1) is 20.2 Å². The van der Waals surface area contributed by atoms with E-state index in [2.05, 4.69) is 10.2 Å². The number of hydrogen-bond acceptors (Lipinski definition) is 5. The molecule has 10 heteroatoms. The lowest BCUT2D eigenvalue weighted by Crippen LogP contribution is -2.64. The number of hydrazone groups is 1. The number of hydrogen-bond donors (Lipinski definition) is 3. The number of nitro benzene ring substituents is 1. The van der Waals surface area contributed by atoms with Crippen molar-refractivity contribution in [1.82, 2.24) is 5.43 Å². The van der Waals surface area contributed by atoms with E-state index in [1.54, 1.807) is 11.5 Å². The molecule has 0 radical (unpaired) electrons. The third-order valence-electron chi connectivity index (χ3n) is 1.70. The number of nitro groups is 2. The number of benzene rings is 1. The molecule has 18 heavy (non-hydrogen) atoms. The van der Waals surface area contributed by atoms with Crippen LogP contribution in [0.4, 0.5) is 5.69 Å². The molecule has 0 bridgehead atoms. The number of guanidine groups is 1. The fourth-order valence-corrected chi connectivity index (χ4v) is 1.02. The van der Waals surface area contributed by atoms with Crippen molar-refractivity contribution in [2.45, 2.75) is 0 Å². The molecule has 0 aliphatic carbocycles. The SMILES string of the molecule is NC(=N/[NH+]=C\c1cccc([N+](=O)[O-])c1)N[N+](=O)[O-]. The van der Waals surface area contributed by atoms with Gasteiger partial charge in [-0.2, -0.15) is 0 Å². The smallest absolute Gasteiger partial charge is 0.319 e. The summed E-state index contributed by atoms with van der Waals surface area (Å²) in [4.78, 5) is 19.9. The lowest BCUT2D eigenvalue weighted by molar-refractivity contribution is -0.528. The van der Waals surface area contributed by atoms with Crippen LogP contribution in [-0.4, -0.2) is 22.1 Å². The van der Waals surface area contributed by atoms with Crippen LogP contribution in [0.2, 0.25) is 0 Å². The third-order valence-corrected chi connectivity index (χ3v) is 1.70. The molecule has 1 aromatic rings. The Labute approximate surface area is 100 Å². The van der Waals surface area contributed by atoms with Crippen molar-refractivity contribution >= 4 is 17.9 Å². The van der Waals surface area contributed by atoms with Gasteiger partial charge in [0.05, 0.1) is 4.92 Å². The monoisotopic (exact) mass is 253 g/mol. The van der Waals surface area contributed by atoms with Crippen LogP contribution in [0.1, 0.15) is 5.56 Å². The minimum atomic E-state index is -0.867. The summed E-state index contributed by atoms with van der Waals surface area (Å²) in [5.41, 5.74) is 7.14. The van der Waals surface area contributed by atoms with E-state index in [1.165, 1.54) is 24.4 Å².